The third-order valence-electron chi connectivity index (χ3n) is 2.81. The molecular formula is C12H18N4. The summed E-state index contributed by atoms with van der Waals surface area (Å²) in [4.78, 5) is 8.13. The molecule has 0 bridgehead atoms. The van der Waals surface area contributed by atoms with E-state index in [1.165, 1.54) is 25.7 Å². The number of allylic oxidation sites excluding steroid dienone is 1. The van der Waals surface area contributed by atoms with Crippen LogP contribution >= 0.6 is 0 Å². The third-order valence-corrected chi connectivity index (χ3v) is 2.81. The summed E-state index contributed by atoms with van der Waals surface area (Å²) in [6.45, 7) is 0.921. The molecule has 0 unspecified atom stereocenters. The van der Waals surface area contributed by atoms with Crippen LogP contribution in [-0.4, -0.2) is 16.5 Å². The number of nitrogen functional groups attached to an aromatic ring is 1. The summed E-state index contributed by atoms with van der Waals surface area (Å²) in [5.74, 6) is 1.26. The van der Waals surface area contributed by atoms with Gasteiger partial charge in [-0.25, -0.2) is 9.97 Å². The molecular weight excluding hydrogens is 200 g/mol. The zero-order valence-corrected chi connectivity index (χ0v) is 9.45. The van der Waals surface area contributed by atoms with Gasteiger partial charge < -0.3 is 11.1 Å². The molecule has 1 heterocycles. The molecule has 0 radical (unpaired) electrons. The fourth-order valence-electron chi connectivity index (χ4n) is 1.91. The van der Waals surface area contributed by atoms with Gasteiger partial charge in [0.15, 0.2) is 0 Å². The van der Waals surface area contributed by atoms with Gasteiger partial charge in [0.25, 0.3) is 0 Å². The van der Waals surface area contributed by atoms with Gasteiger partial charge in [-0.05, 0) is 32.1 Å². The first kappa shape index (κ1) is 10.9. The minimum Gasteiger partial charge on any atom is -0.382 e. The van der Waals surface area contributed by atoms with Crippen LogP contribution in [0, 0.1) is 0 Å². The smallest absolute Gasteiger partial charge is 0.144 e. The summed E-state index contributed by atoms with van der Waals surface area (Å²) in [5.41, 5.74) is 7.03. The molecule has 1 aromatic rings. The van der Waals surface area contributed by atoms with Crippen molar-refractivity contribution in [3.63, 3.8) is 0 Å². The summed E-state index contributed by atoms with van der Waals surface area (Å²) in [5, 5.41) is 3.25. The van der Waals surface area contributed by atoms with Gasteiger partial charge in [0, 0.05) is 6.54 Å². The second-order valence-corrected chi connectivity index (χ2v) is 4.11. The topological polar surface area (TPSA) is 63.8 Å². The van der Waals surface area contributed by atoms with Gasteiger partial charge in [-0.3, -0.25) is 0 Å². The maximum absolute atomic E-state index is 5.46. The van der Waals surface area contributed by atoms with E-state index in [4.69, 9.17) is 5.73 Å². The Kier molecular flexibility index (Phi) is 3.75. The van der Waals surface area contributed by atoms with Crippen molar-refractivity contribution in [2.24, 2.45) is 0 Å². The van der Waals surface area contributed by atoms with E-state index in [1.807, 2.05) is 0 Å². The zero-order chi connectivity index (χ0) is 11.2. The van der Waals surface area contributed by atoms with Gasteiger partial charge >= 0.3 is 0 Å². The maximum Gasteiger partial charge on any atom is 0.144 e. The average molecular weight is 218 g/mol. The Morgan fingerprint density at radius 3 is 2.88 bits per heavy atom. The molecule has 16 heavy (non-hydrogen) atoms. The van der Waals surface area contributed by atoms with E-state index in [2.05, 4.69) is 21.4 Å². The molecule has 0 amide bonds. The van der Waals surface area contributed by atoms with Gasteiger partial charge in [-0.2, -0.15) is 0 Å². The fraction of sp³-hybridized carbons (Fsp3) is 0.500. The van der Waals surface area contributed by atoms with Gasteiger partial charge in [0.05, 0.1) is 12.4 Å². The fourth-order valence-corrected chi connectivity index (χ4v) is 1.91. The monoisotopic (exact) mass is 218 g/mol. The van der Waals surface area contributed by atoms with Crippen LogP contribution in [-0.2, 0) is 0 Å². The second-order valence-electron chi connectivity index (χ2n) is 4.11. The number of rotatable bonds is 4. The van der Waals surface area contributed by atoms with Gasteiger partial charge in [0.2, 0.25) is 0 Å². The predicted molar refractivity (Wildman–Crippen MR) is 66.1 cm³/mol. The molecule has 0 saturated carbocycles. The normalized spacial score (nSPS) is 15.6. The van der Waals surface area contributed by atoms with Crippen molar-refractivity contribution in [2.45, 2.75) is 32.1 Å². The summed E-state index contributed by atoms with van der Waals surface area (Å²) in [6.07, 6.45) is 11.9. The van der Waals surface area contributed by atoms with E-state index in [0.717, 1.165) is 18.8 Å². The number of anilines is 2. The molecule has 0 fully saturated rings. The van der Waals surface area contributed by atoms with E-state index in [-0.39, 0.29) is 0 Å². The molecule has 1 aromatic heterocycles. The second kappa shape index (κ2) is 5.49. The minimum atomic E-state index is 0.459. The standard InChI is InChI=1S/C12H18N4/c13-11-8-16-12(9-15-11)14-7-6-10-4-2-1-3-5-10/h4,8-9H,1-3,5-7H2,(H2,13,15)(H,14,16). The molecule has 2 rings (SSSR count). The van der Waals surface area contributed by atoms with Crippen molar-refractivity contribution in [1.29, 1.82) is 0 Å². The number of hydrogen-bond acceptors (Lipinski definition) is 4. The van der Waals surface area contributed by atoms with Crippen LogP contribution < -0.4 is 11.1 Å². The summed E-state index contributed by atoms with van der Waals surface area (Å²) in [6, 6.07) is 0. The molecule has 1 aliphatic rings. The lowest BCUT2D eigenvalue weighted by atomic mass is 9.97. The van der Waals surface area contributed by atoms with Crippen LogP contribution in [0.1, 0.15) is 32.1 Å². The van der Waals surface area contributed by atoms with Crippen LogP contribution in [0.2, 0.25) is 0 Å². The number of hydrogen-bond donors (Lipinski definition) is 2. The van der Waals surface area contributed by atoms with Crippen LogP contribution in [0.15, 0.2) is 24.0 Å². The Morgan fingerprint density at radius 1 is 1.25 bits per heavy atom. The third kappa shape index (κ3) is 3.22. The van der Waals surface area contributed by atoms with Crippen LogP contribution in [0.4, 0.5) is 11.6 Å². The highest BCUT2D eigenvalue weighted by molar-refractivity contribution is 5.36. The van der Waals surface area contributed by atoms with Gasteiger partial charge in [-0.1, -0.05) is 11.6 Å². The van der Waals surface area contributed by atoms with E-state index < -0.39 is 0 Å². The molecule has 4 heteroatoms. The number of nitrogens with one attached hydrogen (secondary N) is 1. The Hall–Kier alpha value is -1.58. The molecule has 0 aliphatic heterocycles. The summed E-state index contributed by atoms with van der Waals surface area (Å²) in [7, 11) is 0. The molecule has 0 aromatic carbocycles. The first-order valence-electron chi connectivity index (χ1n) is 5.84. The molecule has 3 N–H and O–H groups in total. The van der Waals surface area contributed by atoms with E-state index in [1.54, 1.807) is 18.0 Å². The van der Waals surface area contributed by atoms with Crippen LogP contribution in [0.3, 0.4) is 0 Å². The van der Waals surface area contributed by atoms with Gasteiger partial charge in [0.1, 0.15) is 11.6 Å². The first-order valence-corrected chi connectivity index (χ1v) is 5.84. The van der Waals surface area contributed by atoms with Crippen LogP contribution in [0.5, 0.6) is 0 Å². The molecule has 0 spiro atoms. The van der Waals surface area contributed by atoms with Crippen molar-refractivity contribution in [2.75, 3.05) is 17.6 Å². The largest absolute Gasteiger partial charge is 0.382 e. The maximum atomic E-state index is 5.46. The lowest BCUT2D eigenvalue weighted by Crippen LogP contribution is -2.06. The van der Waals surface area contributed by atoms with Crippen molar-refractivity contribution in [1.82, 2.24) is 9.97 Å². The van der Waals surface area contributed by atoms with E-state index in [9.17, 15) is 0 Å². The Morgan fingerprint density at radius 2 is 2.19 bits per heavy atom. The Labute approximate surface area is 96.0 Å². The van der Waals surface area contributed by atoms with E-state index in [0.29, 0.717) is 5.82 Å². The number of nitrogens with zero attached hydrogens (tertiary/aromatic N) is 2. The van der Waals surface area contributed by atoms with Crippen molar-refractivity contribution in [3.05, 3.63) is 24.0 Å². The van der Waals surface area contributed by atoms with Crippen LogP contribution in [0.25, 0.3) is 0 Å². The van der Waals surface area contributed by atoms with Crippen molar-refractivity contribution in [3.8, 4) is 0 Å². The zero-order valence-electron chi connectivity index (χ0n) is 9.45. The summed E-state index contributed by atoms with van der Waals surface area (Å²) < 4.78 is 0. The minimum absolute atomic E-state index is 0.459. The number of nitrogens with two attached hydrogens (primary N) is 1. The summed E-state index contributed by atoms with van der Waals surface area (Å²) >= 11 is 0. The van der Waals surface area contributed by atoms with E-state index >= 15 is 0 Å². The lowest BCUT2D eigenvalue weighted by molar-refractivity contribution is 0.679. The highest BCUT2D eigenvalue weighted by Crippen LogP contribution is 2.19. The van der Waals surface area contributed by atoms with Crippen molar-refractivity contribution >= 4 is 11.6 Å². The molecule has 0 saturated heterocycles. The van der Waals surface area contributed by atoms with Crippen molar-refractivity contribution < 1.29 is 0 Å². The highest BCUT2D eigenvalue weighted by Gasteiger charge is 2.03. The molecule has 0 atom stereocenters. The predicted octanol–water partition coefficient (Wildman–Crippen LogP) is 2.36. The quantitative estimate of drug-likeness (QED) is 0.761. The Bertz CT molecular complexity index is 356. The molecule has 86 valence electrons. The van der Waals surface area contributed by atoms with Gasteiger partial charge in [-0.15, -0.1) is 0 Å². The molecule has 1 aliphatic carbocycles. The molecule has 4 nitrogen and oxygen atoms in total. The Balaban J connectivity index is 1.75. The SMILES string of the molecule is Nc1cnc(NCCC2=CCCCC2)cn1. The first-order chi connectivity index (χ1) is 7.84. The highest BCUT2D eigenvalue weighted by atomic mass is 15.0. The number of aromatic nitrogens is 2. The lowest BCUT2D eigenvalue weighted by Gasteiger charge is -2.12. The average Bonchev–Trinajstić information content (AvgIpc) is 2.33.